The first-order chi connectivity index (χ1) is 9.08. The van der Waals surface area contributed by atoms with Crippen molar-refractivity contribution in [2.75, 3.05) is 5.32 Å². The maximum Gasteiger partial charge on any atom is 0.307 e. The highest BCUT2D eigenvalue weighted by molar-refractivity contribution is 6.29. The number of carbonyl (C=O) groups is 2. The monoisotopic (exact) mass is 281 g/mol. The van der Waals surface area contributed by atoms with Crippen LogP contribution in [0.5, 0.6) is 0 Å². The maximum absolute atomic E-state index is 12.1. The molecule has 2 atom stereocenters. The molecule has 0 aliphatic heterocycles. The van der Waals surface area contributed by atoms with Crippen LogP contribution in [0.2, 0.25) is 5.15 Å². The van der Waals surface area contributed by atoms with E-state index in [0.29, 0.717) is 12.8 Å². The van der Waals surface area contributed by atoms with E-state index < -0.39 is 23.7 Å². The third-order valence-corrected chi connectivity index (χ3v) is 3.15. The molecule has 1 aromatic rings. The molecule has 100 valence electrons. The van der Waals surface area contributed by atoms with Gasteiger partial charge in [-0.1, -0.05) is 23.8 Å². The molecular formula is C12H12ClN3O3. The van der Waals surface area contributed by atoms with Gasteiger partial charge in [-0.3, -0.25) is 14.9 Å². The number of carbonyl (C=O) groups excluding carboxylic acids is 1. The van der Waals surface area contributed by atoms with Crippen molar-refractivity contribution in [1.82, 2.24) is 9.97 Å². The molecule has 0 fully saturated rings. The lowest BCUT2D eigenvalue weighted by Gasteiger charge is -2.23. The van der Waals surface area contributed by atoms with E-state index >= 15 is 0 Å². The summed E-state index contributed by atoms with van der Waals surface area (Å²) in [6, 6.07) is 1.49. The molecule has 1 aliphatic carbocycles. The minimum atomic E-state index is -0.975. The molecule has 2 N–H and O–H groups in total. The number of halogens is 1. The molecule has 0 saturated carbocycles. The largest absolute Gasteiger partial charge is 0.481 e. The van der Waals surface area contributed by atoms with Crippen LogP contribution in [0.15, 0.2) is 24.4 Å². The second-order valence-electron chi connectivity index (χ2n) is 4.19. The zero-order valence-electron chi connectivity index (χ0n) is 9.91. The summed E-state index contributed by atoms with van der Waals surface area (Å²) in [4.78, 5) is 30.9. The van der Waals surface area contributed by atoms with Gasteiger partial charge in [0.25, 0.3) is 0 Å². The van der Waals surface area contributed by atoms with Crippen LogP contribution in [-0.4, -0.2) is 27.0 Å². The molecule has 1 aliphatic rings. The van der Waals surface area contributed by atoms with Crippen molar-refractivity contribution in [2.24, 2.45) is 11.8 Å². The van der Waals surface area contributed by atoms with Crippen LogP contribution < -0.4 is 5.32 Å². The second kappa shape index (κ2) is 5.79. The first kappa shape index (κ1) is 13.5. The summed E-state index contributed by atoms with van der Waals surface area (Å²) >= 11 is 5.69. The lowest BCUT2D eigenvalue weighted by atomic mass is 9.82. The van der Waals surface area contributed by atoms with E-state index in [4.69, 9.17) is 16.7 Å². The van der Waals surface area contributed by atoms with Crippen LogP contribution in [0.3, 0.4) is 0 Å². The number of aliphatic carboxylic acids is 1. The Morgan fingerprint density at radius 2 is 2.00 bits per heavy atom. The minimum absolute atomic E-state index is 0.0798. The summed E-state index contributed by atoms with van der Waals surface area (Å²) in [6.45, 7) is 0. The molecule has 0 unspecified atom stereocenters. The smallest absolute Gasteiger partial charge is 0.307 e. The zero-order chi connectivity index (χ0) is 13.8. The van der Waals surface area contributed by atoms with Gasteiger partial charge in [-0.15, -0.1) is 0 Å². The van der Waals surface area contributed by atoms with Crippen LogP contribution in [0.25, 0.3) is 0 Å². The number of rotatable bonds is 3. The van der Waals surface area contributed by atoms with Crippen LogP contribution >= 0.6 is 11.6 Å². The van der Waals surface area contributed by atoms with Gasteiger partial charge in [-0.2, -0.15) is 0 Å². The van der Waals surface area contributed by atoms with E-state index in [1.54, 1.807) is 6.08 Å². The highest BCUT2D eigenvalue weighted by Gasteiger charge is 2.34. The number of anilines is 1. The molecule has 1 heterocycles. The van der Waals surface area contributed by atoms with E-state index in [1.165, 1.54) is 12.3 Å². The summed E-state index contributed by atoms with van der Waals surface area (Å²) in [5.74, 6) is -2.64. The first-order valence-electron chi connectivity index (χ1n) is 5.75. The van der Waals surface area contributed by atoms with Crippen LogP contribution in [0.1, 0.15) is 12.8 Å². The summed E-state index contributed by atoms with van der Waals surface area (Å²) in [7, 11) is 0. The molecule has 2 rings (SSSR count). The van der Waals surface area contributed by atoms with Crippen molar-refractivity contribution in [3.05, 3.63) is 29.6 Å². The number of hydrogen-bond donors (Lipinski definition) is 2. The number of aromatic nitrogens is 2. The van der Waals surface area contributed by atoms with Crippen molar-refractivity contribution in [1.29, 1.82) is 0 Å². The van der Waals surface area contributed by atoms with Crippen molar-refractivity contribution in [3.63, 3.8) is 0 Å². The normalized spacial score (nSPS) is 21.9. The fraction of sp³-hybridized carbons (Fsp3) is 0.333. The highest BCUT2D eigenvalue weighted by atomic mass is 35.5. The van der Waals surface area contributed by atoms with Gasteiger partial charge in [0.15, 0.2) is 0 Å². The number of allylic oxidation sites excluding steroid dienone is 2. The van der Waals surface area contributed by atoms with Gasteiger partial charge in [0.05, 0.1) is 11.8 Å². The lowest BCUT2D eigenvalue weighted by Crippen LogP contribution is -2.35. The Morgan fingerprint density at radius 3 is 2.63 bits per heavy atom. The van der Waals surface area contributed by atoms with Gasteiger partial charge in [0.1, 0.15) is 5.15 Å². The summed E-state index contributed by atoms with van der Waals surface area (Å²) in [6.07, 6.45) is 5.74. The average Bonchev–Trinajstić information content (AvgIpc) is 2.38. The number of carboxylic acids is 1. The summed E-state index contributed by atoms with van der Waals surface area (Å²) in [5, 5.41) is 11.8. The molecule has 0 bridgehead atoms. The Bertz CT molecular complexity index is 533. The second-order valence-corrected chi connectivity index (χ2v) is 4.57. The quantitative estimate of drug-likeness (QED) is 0.650. The third kappa shape index (κ3) is 3.29. The van der Waals surface area contributed by atoms with Crippen molar-refractivity contribution >= 4 is 29.4 Å². The Kier molecular flexibility index (Phi) is 4.11. The minimum Gasteiger partial charge on any atom is -0.481 e. The van der Waals surface area contributed by atoms with Crippen LogP contribution in [0.4, 0.5) is 5.95 Å². The van der Waals surface area contributed by atoms with E-state index in [-0.39, 0.29) is 11.1 Å². The SMILES string of the molecule is O=C(O)[C@H]1CC=CC[C@H]1C(=O)Nc1nccc(Cl)n1. The Morgan fingerprint density at radius 1 is 1.32 bits per heavy atom. The number of nitrogens with one attached hydrogen (secondary N) is 1. The zero-order valence-corrected chi connectivity index (χ0v) is 10.7. The maximum atomic E-state index is 12.1. The van der Waals surface area contributed by atoms with E-state index in [0.717, 1.165) is 0 Å². The van der Waals surface area contributed by atoms with Gasteiger partial charge >= 0.3 is 5.97 Å². The molecule has 0 saturated heterocycles. The van der Waals surface area contributed by atoms with Crippen molar-refractivity contribution in [3.8, 4) is 0 Å². The van der Waals surface area contributed by atoms with Crippen LogP contribution in [-0.2, 0) is 9.59 Å². The molecule has 1 amide bonds. The first-order valence-corrected chi connectivity index (χ1v) is 6.13. The Labute approximate surface area is 114 Å². The molecule has 0 radical (unpaired) electrons. The van der Waals surface area contributed by atoms with E-state index in [2.05, 4.69) is 15.3 Å². The third-order valence-electron chi connectivity index (χ3n) is 2.94. The number of nitrogens with zero attached hydrogens (tertiary/aromatic N) is 2. The summed E-state index contributed by atoms with van der Waals surface area (Å²) in [5.41, 5.74) is 0. The van der Waals surface area contributed by atoms with Crippen molar-refractivity contribution in [2.45, 2.75) is 12.8 Å². The lowest BCUT2D eigenvalue weighted by molar-refractivity contribution is -0.146. The van der Waals surface area contributed by atoms with Gasteiger partial charge in [0.2, 0.25) is 11.9 Å². The number of carboxylic acid groups (broad SMARTS) is 1. The molecule has 0 aromatic carbocycles. The van der Waals surface area contributed by atoms with Gasteiger partial charge in [0, 0.05) is 6.20 Å². The van der Waals surface area contributed by atoms with E-state index in [9.17, 15) is 9.59 Å². The standard InChI is InChI=1S/C12H12ClN3O3/c13-9-5-6-14-12(15-9)16-10(17)7-3-1-2-4-8(7)11(18)19/h1-2,5-8H,3-4H2,(H,18,19)(H,14,15,16,17)/t7-,8+/m1/s1. The van der Waals surface area contributed by atoms with Gasteiger partial charge in [-0.05, 0) is 18.9 Å². The number of amides is 1. The molecule has 1 aromatic heterocycles. The topological polar surface area (TPSA) is 92.2 Å². The Hall–Kier alpha value is -1.95. The predicted molar refractivity (Wildman–Crippen MR) is 68.7 cm³/mol. The average molecular weight is 282 g/mol. The molecule has 6 nitrogen and oxygen atoms in total. The number of hydrogen-bond acceptors (Lipinski definition) is 4. The Balaban J connectivity index is 2.10. The summed E-state index contributed by atoms with van der Waals surface area (Å²) < 4.78 is 0. The predicted octanol–water partition coefficient (Wildman–Crippen LogP) is 1.74. The molecule has 0 spiro atoms. The molecular weight excluding hydrogens is 270 g/mol. The van der Waals surface area contributed by atoms with Crippen LogP contribution in [0, 0.1) is 11.8 Å². The molecule has 7 heteroatoms. The van der Waals surface area contributed by atoms with Gasteiger partial charge < -0.3 is 5.11 Å². The van der Waals surface area contributed by atoms with E-state index in [1.807, 2.05) is 6.08 Å². The fourth-order valence-electron chi connectivity index (χ4n) is 1.98. The highest BCUT2D eigenvalue weighted by Crippen LogP contribution is 2.26. The fourth-order valence-corrected chi connectivity index (χ4v) is 2.11. The van der Waals surface area contributed by atoms with Gasteiger partial charge in [-0.25, -0.2) is 9.97 Å². The molecule has 19 heavy (non-hydrogen) atoms. The van der Waals surface area contributed by atoms with Crippen molar-refractivity contribution < 1.29 is 14.7 Å².